The molecule has 0 saturated carbocycles. The minimum absolute atomic E-state index is 0.135. The van der Waals surface area contributed by atoms with Gasteiger partial charge in [-0.3, -0.25) is 4.79 Å². The molecule has 29 heavy (non-hydrogen) atoms. The fourth-order valence-corrected chi connectivity index (χ4v) is 2.42. The lowest BCUT2D eigenvalue weighted by Crippen LogP contribution is -2.14. The third-order valence-corrected chi connectivity index (χ3v) is 3.80. The van der Waals surface area contributed by atoms with Crippen LogP contribution in [-0.4, -0.2) is 28.5 Å². The second-order valence-electron chi connectivity index (χ2n) is 5.86. The molecular formula is C21H17N5O3. The van der Waals surface area contributed by atoms with Gasteiger partial charge in [-0.1, -0.05) is 6.07 Å². The van der Waals surface area contributed by atoms with Gasteiger partial charge in [0.25, 0.3) is 5.91 Å². The van der Waals surface area contributed by atoms with Crippen LogP contribution in [0.25, 0.3) is 0 Å². The van der Waals surface area contributed by atoms with E-state index in [9.17, 15) is 9.59 Å². The summed E-state index contributed by atoms with van der Waals surface area (Å²) in [7, 11) is 0. The summed E-state index contributed by atoms with van der Waals surface area (Å²) in [4.78, 5) is 32.3. The van der Waals surface area contributed by atoms with Gasteiger partial charge in [0.2, 0.25) is 0 Å². The molecule has 8 heteroatoms. The van der Waals surface area contributed by atoms with Gasteiger partial charge in [-0.25, -0.2) is 14.8 Å². The Hall–Kier alpha value is -4.25. The second-order valence-corrected chi connectivity index (χ2v) is 5.86. The molecule has 0 aliphatic rings. The van der Waals surface area contributed by atoms with Gasteiger partial charge in [-0.05, 0) is 49.4 Å². The van der Waals surface area contributed by atoms with E-state index >= 15 is 0 Å². The van der Waals surface area contributed by atoms with Gasteiger partial charge in [0.15, 0.2) is 0 Å². The van der Waals surface area contributed by atoms with Crippen LogP contribution in [0.4, 0.5) is 17.2 Å². The predicted octanol–water partition coefficient (Wildman–Crippen LogP) is 3.52. The lowest BCUT2D eigenvalue weighted by molar-refractivity contribution is 0.0526. The Balaban J connectivity index is 1.63. The number of esters is 1. The maximum atomic E-state index is 12.3. The van der Waals surface area contributed by atoms with E-state index in [1.54, 1.807) is 55.5 Å². The maximum absolute atomic E-state index is 12.3. The van der Waals surface area contributed by atoms with Gasteiger partial charge in [-0.15, -0.1) is 0 Å². The highest BCUT2D eigenvalue weighted by molar-refractivity contribution is 6.03. The number of amides is 1. The molecule has 0 fully saturated rings. The molecule has 0 aliphatic carbocycles. The second kappa shape index (κ2) is 9.10. The number of ether oxygens (including phenoxy) is 1. The SMILES string of the molecule is CCOC(=O)c1ccc(NC(=O)c2cnc(Nc3cccc(C#N)c3)cn2)cc1. The first-order valence-corrected chi connectivity index (χ1v) is 8.77. The normalized spacial score (nSPS) is 9.93. The van der Waals surface area contributed by atoms with Crippen molar-refractivity contribution in [2.45, 2.75) is 6.92 Å². The zero-order chi connectivity index (χ0) is 20.6. The number of aromatic nitrogens is 2. The number of carbonyl (C=O) groups is 2. The molecule has 2 aromatic carbocycles. The van der Waals surface area contributed by atoms with Crippen molar-refractivity contribution in [3.05, 3.63) is 77.7 Å². The molecular weight excluding hydrogens is 370 g/mol. The summed E-state index contributed by atoms with van der Waals surface area (Å²) >= 11 is 0. The molecule has 2 N–H and O–H groups in total. The van der Waals surface area contributed by atoms with Crippen molar-refractivity contribution >= 4 is 29.1 Å². The molecule has 3 rings (SSSR count). The molecule has 1 heterocycles. The maximum Gasteiger partial charge on any atom is 0.338 e. The third-order valence-electron chi connectivity index (χ3n) is 3.80. The van der Waals surface area contributed by atoms with E-state index in [1.165, 1.54) is 12.4 Å². The molecule has 144 valence electrons. The highest BCUT2D eigenvalue weighted by Gasteiger charge is 2.10. The summed E-state index contributed by atoms with van der Waals surface area (Å²) < 4.78 is 4.92. The number of nitriles is 1. The minimum Gasteiger partial charge on any atom is -0.462 e. The van der Waals surface area contributed by atoms with Crippen molar-refractivity contribution in [1.82, 2.24) is 9.97 Å². The summed E-state index contributed by atoms with van der Waals surface area (Å²) in [5.74, 6) is -0.408. The molecule has 0 atom stereocenters. The first kappa shape index (κ1) is 19.5. The van der Waals surface area contributed by atoms with Crippen LogP contribution in [0.3, 0.4) is 0 Å². The molecule has 0 radical (unpaired) electrons. The Labute approximate surface area is 167 Å². The zero-order valence-corrected chi connectivity index (χ0v) is 15.5. The van der Waals surface area contributed by atoms with E-state index in [1.807, 2.05) is 0 Å². The van der Waals surface area contributed by atoms with Crippen molar-refractivity contribution in [2.24, 2.45) is 0 Å². The van der Waals surface area contributed by atoms with Crippen molar-refractivity contribution in [2.75, 3.05) is 17.2 Å². The molecule has 0 bridgehead atoms. The van der Waals surface area contributed by atoms with Crippen LogP contribution in [0.15, 0.2) is 60.9 Å². The van der Waals surface area contributed by atoms with E-state index in [4.69, 9.17) is 10.00 Å². The Kier molecular flexibility index (Phi) is 6.12. The van der Waals surface area contributed by atoms with Gasteiger partial charge in [-0.2, -0.15) is 5.26 Å². The van der Waals surface area contributed by atoms with Crippen LogP contribution >= 0.6 is 0 Å². The van der Waals surface area contributed by atoms with Gasteiger partial charge in [0.05, 0.1) is 36.2 Å². The molecule has 8 nitrogen and oxygen atoms in total. The van der Waals surface area contributed by atoms with Crippen LogP contribution in [0.5, 0.6) is 0 Å². The van der Waals surface area contributed by atoms with E-state index < -0.39 is 11.9 Å². The number of rotatable bonds is 6. The number of nitrogens with zero attached hydrogens (tertiary/aromatic N) is 3. The fraction of sp³-hybridized carbons (Fsp3) is 0.0952. The third kappa shape index (κ3) is 5.14. The molecule has 0 spiro atoms. The quantitative estimate of drug-likeness (QED) is 0.621. The Bertz CT molecular complexity index is 1060. The Morgan fingerprint density at radius 1 is 1.07 bits per heavy atom. The van der Waals surface area contributed by atoms with E-state index in [2.05, 4.69) is 26.7 Å². The summed E-state index contributed by atoms with van der Waals surface area (Å²) in [6, 6.07) is 15.3. The number of hydrogen-bond donors (Lipinski definition) is 2. The van der Waals surface area contributed by atoms with Crippen LogP contribution < -0.4 is 10.6 Å². The molecule has 1 amide bonds. The Morgan fingerprint density at radius 2 is 1.86 bits per heavy atom. The van der Waals surface area contributed by atoms with E-state index in [0.29, 0.717) is 34.9 Å². The zero-order valence-electron chi connectivity index (χ0n) is 15.5. The summed E-state index contributed by atoms with van der Waals surface area (Å²) in [6.45, 7) is 2.03. The van der Waals surface area contributed by atoms with Crippen LogP contribution in [0.1, 0.15) is 33.3 Å². The van der Waals surface area contributed by atoms with Crippen LogP contribution in [0.2, 0.25) is 0 Å². The number of carbonyl (C=O) groups excluding carboxylic acids is 2. The average Bonchev–Trinajstić information content (AvgIpc) is 2.75. The minimum atomic E-state index is -0.431. The van der Waals surface area contributed by atoms with Crippen LogP contribution in [0, 0.1) is 11.3 Å². The van der Waals surface area contributed by atoms with Crippen molar-refractivity contribution in [3.8, 4) is 6.07 Å². The van der Waals surface area contributed by atoms with Gasteiger partial charge < -0.3 is 15.4 Å². The number of nitrogens with one attached hydrogen (secondary N) is 2. The van der Waals surface area contributed by atoms with Crippen LogP contribution in [-0.2, 0) is 4.74 Å². The van der Waals surface area contributed by atoms with Crippen molar-refractivity contribution in [3.63, 3.8) is 0 Å². The highest BCUT2D eigenvalue weighted by atomic mass is 16.5. The predicted molar refractivity (Wildman–Crippen MR) is 107 cm³/mol. The van der Waals surface area contributed by atoms with Gasteiger partial charge >= 0.3 is 5.97 Å². The number of anilines is 3. The molecule has 0 unspecified atom stereocenters. The monoisotopic (exact) mass is 387 g/mol. The molecule has 3 aromatic rings. The topological polar surface area (TPSA) is 117 Å². The Morgan fingerprint density at radius 3 is 2.52 bits per heavy atom. The molecule has 0 saturated heterocycles. The standard InChI is InChI=1S/C21H17N5O3/c1-2-29-21(28)15-6-8-16(9-7-15)26-20(27)18-12-24-19(13-23-18)25-17-5-3-4-14(10-17)11-22/h3-10,12-13H,2H2,1H3,(H,24,25)(H,26,27). The first-order valence-electron chi connectivity index (χ1n) is 8.77. The fourth-order valence-electron chi connectivity index (χ4n) is 2.42. The van der Waals surface area contributed by atoms with Gasteiger partial charge in [0, 0.05) is 11.4 Å². The largest absolute Gasteiger partial charge is 0.462 e. The average molecular weight is 387 g/mol. The summed E-state index contributed by atoms with van der Waals surface area (Å²) in [5, 5.41) is 14.7. The highest BCUT2D eigenvalue weighted by Crippen LogP contribution is 2.16. The van der Waals surface area contributed by atoms with Crippen molar-refractivity contribution in [1.29, 1.82) is 5.26 Å². The molecule has 1 aromatic heterocycles. The van der Waals surface area contributed by atoms with E-state index in [-0.39, 0.29) is 5.69 Å². The summed E-state index contributed by atoms with van der Waals surface area (Å²) in [5.41, 5.74) is 2.27. The summed E-state index contributed by atoms with van der Waals surface area (Å²) in [6.07, 6.45) is 2.77. The number of hydrogen-bond acceptors (Lipinski definition) is 7. The smallest absolute Gasteiger partial charge is 0.338 e. The lowest BCUT2D eigenvalue weighted by Gasteiger charge is -2.08. The van der Waals surface area contributed by atoms with Gasteiger partial charge in [0.1, 0.15) is 11.5 Å². The van der Waals surface area contributed by atoms with Crippen molar-refractivity contribution < 1.29 is 14.3 Å². The molecule has 0 aliphatic heterocycles. The lowest BCUT2D eigenvalue weighted by atomic mass is 10.2. The first-order chi connectivity index (χ1) is 14.1. The number of benzene rings is 2. The van der Waals surface area contributed by atoms with E-state index in [0.717, 1.165) is 0 Å².